The molecule has 1 heterocycles. The van der Waals surface area contributed by atoms with Gasteiger partial charge in [0, 0.05) is 5.56 Å². The maximum absolute atomic E-state index is 10.4. The third-order valence-corrected chi connectivity index (χ3v) is 3.87. The number of benzene rings is 2. The molecule has 1 aliphatic heterocycles. The Morgan fingerprint density at radius 1 is 1.05 bits per heavy atom. The van der Waals surface area contributed by atoms with Crippen LogP contribution < -0.4 is 0 Å². The van der Waals surface area contributed by atoms with Crippen LogP contribution in [0.3, 0.4) is 0 Å². The van der Waals surface area contributed by atoms with Gasteiger partial charge in [0.25, 0.3) is 0 Å². The Balaban J connectivity index is 1.88. The molecule has 3 nitrogen and oxygen atoms in total. The summed E-state index contributed by atoms with van der Waals surface area (Å²) in [6.45, 7) is 4.52. The summed E-state index contributed by atoms with van der Waals surface area (Å²) in [5.41, 5.74) is 4.20. The zero-order chi connectivity index (χ0) is 14.8. The van der Waals surface area contributed by atoms with E-state index in [1.165, 1.54) is 0 Å². The minimum Gasteiger partial charge on any atom is -0.475 e. The van der Waals surface area contributed by atoms with E-state index in [9.17, 15) is 5.11 Å². The summed E-state index contributed by atoms with van der Waals surface area (Å²) < 4.78 is 5.75. The highest BCUT2D eigenvalue weighted by Gasteiger charge is 2.28. The van der Waals surface area contributed by atoms with Gasteiger partial charge in [0.05, 0.1) is 0 Å². The number of aryl methyl sites for hydroxylation is 2. The molecule has 3 rings (SSSR count). The second-order valence-corrected chi connectivity index (χ2v) is 5.43. The molecule has 3 heteroatoms. The number of nitrogens with zero attached hydrogens (tertiary/aromatic N) is 1. The lowest BCUT2D eigenvalue weighted by Crippen LogP contribution is -2.17. The predicted molar refractivity (Wildman–Crippen MR) is 83.6 cm³/mol. The van der Waals surface area contributed by atoms with E-state index in [4.69, 9.17) is 4.74 Å². The molecular weight excluding hydrogens is 262 g/mol. The molecule has 0 fully saturated rings. The van der Waals surface area contributed by atoms with Crippen LogP contribution in [0.4, 0.5) is 0 Å². The van der Waals surface area contributed by atoms with Crippen LogP contribution in [0, 0.1) is 13.8 Å². The molecular formula is C18H19NO2. The normalized spacial score (nSPS) is 19.0. The lowest BCUT2D eigenvalue weighted by molar-refractivity contribution is 0.130. The fourth-order valence-electron chi connectivity index (χ4n) is 2.71. The van der Waals surface area contributed by atoms with Crippen LogP contribution in [0.15, 0.2) is 53.5 Å². The fourth-order valence-corrected chi connectivity index (χ4v) is 2.71. The summed E-state index contributed by atoms with van der Waals surface area (Å²) in [5, 5.41) is 10.4. The van der Waals surface area contributed by atoms with Crippen molar-refractivity contribution in [2.45, 2.75) is 26.0 Å². The zero-order valence-corrected chi connectivity index (χ0v) is 12.3. The maximum Gasteiger partial charge on any atom is 0.217 e. The van der Waals surface area contributed by atoms with Crippen molar-refractivity contribution in [2.75, 3.05) is 6.61 Å². The van der Waals surface area contributed by atoms with Gasteiger partial charge in [0.15, 0.2) is 0 Å². The Morgan fingerprint density at radius 3 is 2.38 bits per heavy atom. The Kier molecular flexibility index (Phi) is 3.76. The third kappa shape index (κ3) is 2.69. The van der Waals surface area contributed by atoms with E-state index in [-0.39, 0.29) is 6.04 Å². The van der Waals surface area contributed by atoms with Crippen LogP contribution in [0.5, 0.6) is 0 Å². The predicted octanol–water partition coefficient (Wildman–Crippen LogP) is 3.18. The van der Waals surface area contributed by atoms with Crippen molar-refractivity contribution < 1.29 is 9.84 Å². The number of aliphatic imine (C=N–C) groups is 1. The average Bonchev–Trinajstić information content (AvgIpc) is 2.97. The summed E-state index contributed by atoms with van der Waals surface area (Å²) in [5.74, 6) is 0.644. The third-order valence-electron chi connectivity index (χ3n) is 3.87. The van der Waals surface area contributed by atoms with Gasteiger partial charge in [0.2, 0.25) is 5.90 Å². The van der Waals surface area contributed by atoms with E-state index in [0.717, 1.165) is 22.3 Å². The number of hydrogen-bond donors (Lipinski definition) is 1. The fraction of sp³-hybridized carbons (Fsp3) is 0.278. The summed E-state index contributed by atoms with van der Waals surface area (Å²) in [6.07, 6.45) is -0.631. The monoisotopic (exact) mass is 281 g/mol. The molecule has 0 saturated carbocycles. The molecule has 0 radical (unpaired) electrons. The van der Waals surface area contributed by atoms with Crippen LogP contribution >= 0.6 is 0 Å². The summed E-state index contributed by atoms with van der Waals surface area (Å²) in [6, 6.07) is 15.5. The lowest BCUT2D eigenvalue weighted by Gasteiger charge is -2.13. The Bertz CT molecular complexity index is 644. The first-order valence-corrected chi connectivity index (χ1v) is 7.17. The van der Waals surface area contributed by atoms with E-state index in [1.54, 1.807) is 0 Å². The highest BCUT2D eigenvalue weighted by Crippen LogP contribution is 2.26. The largest absolute Gasteiger partial charge is 0.475 e. The van der Waals surface area contributed by atoms with Gasteiger partial charge in [0.1, 0.15) is 18.8 Å². The number of aliphatic hydroxyl groups excluding tert-OH is 1. The second kappa shape index (κ2) is 5.70. The van der Waals surface area contributed by atoms with Crippen molar-refractivity contribution in [2.24, 2.45) is 4.99 Å². The second-order valence-electron chi connectivity index (χ2n) is 5.43. The molecule has 2 aromatic carbocycles. The van der Waals surface area contributed by atoms with Gasteiger partial charge in [-0.2, -0.15) is 0 Å². The number of ether oxygens (including phenoxy) is 1. The lowest BCUT2D eigenvalue weighted by atomic mass is 10.0. The highest BCUT2D eigenvalue weighted by molar-refractivity contribution is 5.98. The quantitative estimate of drug-likeness (QED) is 0.938. The zero-order valence-electron chi connectivity index (χ0n) is 12.3. The smallest absolute Gasteiger partial charge is 0.217 e. The van der Waals surface area contributed by atoms with Gasteiger partial charge in [-0.25, -0.2) is 4.99 Å². The molecule has 0 amide bonds. The van der Waals surface area contributed by atoms with Gasteiger partial charge in [-0.1, -0.05) is 48.5 Å². The van der Waals surface area contributed by atoms with E-state index >= 15 is 0 Å². The van der Waals surface area contributed by atoms with Crippen LogP contribution in [-0.2, 0) is 4.74 Å². The maximum atomic E-state index is 10.4. The summed E-state index contributed by atoms with van der Waals surface area (Å²) in [7, 11) is 0. The Hall–Kier alpha value is -2.13. The average molecular weight is 281 g/mol. The standard InChI is InChI=1S/C18H19NO2/c1-12-7-6-8-13(2)16(12)18-19-15(11-21-18)17(20)14-9-4-3-5-10-14/h3-10,15,17,20H,11H2,1-2H3/t15-,17-/m0/s1. The van der Waals surface area contributed by atoms with Gasteiger partial charge in [-0.3, -0.25) is 0 Å². The summed E-state index contributed by atoms with van der Waals surface area (Å²) in [4.78, 5) is 4.60. The Labute approximate surface area is 124 Å². The molecule has 0 spiro atoms. The first-order valence-electron chi connectivity index (χ1n) is 7.17. The van der Waals surface area contributed by atoms with Crippen LogP contribution in [0.25, 0.3) is 0 Å². The number of aliphatic hydroxyl groups is 1. The van der Waals surface area contributed by atoms with Gasteiger partial charge in [-0.05, 0) is 30.5 Å². The van der Waals surface area contributed by atoms with E-state index < -0.39 is 6.10 Å². The van der Waals surface area contributed by atoms with Crippen molar-refractivity contribution in [3.05, 3.63) is 70.8 Å². The molecule has 0 unspecified atom stereocenters. The molecule has 2 aromatic rings. The van der Waals surface area contributed by atoms with E-state index in [0.29, 0.717) is 12.5 Å². The van der Waals surface area contributed by atoms with E-state index in [1.807, 2.05) is 36.4 Å². The number of hydrogen-bond acceptors (Lipinski definition) is 3. The minimum atomic E-state index is -0.631. The van der Waals surface area contributed by atoms with Crippen LogP contribution in [0.1, 0.15) is 28.4 Å². The molecule has 0 aliphatic carbocycles. The first-order chi connectivity index (χ1) is 10.2. The van der Waals surface area contributed by atoms with Crippen LogP contribution in [-0.4, -0.2) is 23.7 Å². The van der Waals surface area contributed by atoms with Crippen molar-refractivity contribution in [1.82, 2.24) is 0 Å². The first kappa shape index (κ1) is 13.8. The topological polar surface area (TPSA) is 41.8 Å². The number of rotatable bonds is 3. The molecule has 0 bridgehead atoms. The van der Waals surface area contributed by atoms with Gasteiger partial charge >= 0.3 is 0 Å². The molecule has 21 heavy (non-hydrogen) atoms. The van der Waals surface area contributed by atoms with Crippen LogP contribution in [0.2, 0.25) is 0 Å². The van der Waals surface area contributed by atoms with E-state index in [2.05, 4.69) is 31.0 Å². The van der Waals surface area contributed by atoms with Gasteiger partial charge < -0.3 is 9.84 Å². The van der Waals surface area contributed by atoms with Crippen molar-refractivity contribution >= 4 is 5.90 Å². The van der Waals surface area contributed by atoms with Crippen molar-refractivity contribution in [3.63, 3.8) is 0 Å². The molecule has 0 saturated heterocycles. The SMILES string of the molecule is Cc1cccc(C)c1C1=N[C@H]([C@@H](O)c2ccccc2)CO1. The molecule has 2 atom stereocenters. The summed E-state index contributed by atoms with van der Waals surface area (Å²) >= 11 is 0. The molecule has 0 aromatic heterocycles. The highest BCUT2D eigenvalue weighted by atomic mass is 16.5. The van der Waals surface area contributed by atoms with Crippen molar-refractivity contribution in [1.29, 1.82) is 0 Å². The van der Waals surface area contributed by atoms with Crippen molar-refractivity contribution in [3.8, 4) is 0 Å². The molecule has 1 aliphatic rings. The van der Waals surface area contributed by atoms with Gasteiger partial charge in [-0.15, -0.1) is 0 Å². The Morgan fingerprint density at radius 2 is 1.71 bits per heavy atom. The minimum absolute atomic E-state index is 0.249. The molecule has 1 N–H and O–H groups in total. The molecule has 108 valence electrons.